The van der Waals surface area contributed by atoms with Crippen LogP contribution in [0.4, 0.5) is 0 Å². The number of hydrogen-bond donors (Lipinski definition) is 2. The number of H-pyrrole nitrogens is 1. The molecule has 21 heavy (non-hydrogen) atoms. The fraction of sp³-hybridized carbons (Fsp3) is 0.769. The van der Waals surface area contributed by atoms with Gasteiger partial charge in [-0.25, -0.2) is 13.4 Å². The number of nitrogens with two attached hydrogens (primary N) is 1. The SMILES string of the molecule is Cc1ncc(S(=O)(=O)N2CCC(N3CCC(N)CC3)C2)[nH]1. The Kier molecular flexibility index (Phi) is 4.04. The zero-order valence-corrected chi connectivity index (χ0v) is 13.1. The van der Waals surface area contributed by atoms with Gasteiger partial charge in [-0.3, -0.25) is 4.90 Å². The first-order valence-electron chi connectivity index (χ1n) is 7.48. The minimum atomic E-state index is -3.44. The third-order valence-electron chi connectivity index (χ3n) is 4.51. The van der Waals surface area contributed by atoms with Gasteiger partial charge in [0.05, 0.1) is 6.20 Å². The van der Waals surface area contributed by atoms with Gasteiger partial charge in [-0.2, -0.15) is 4.31 Å². The number of aryl methyl sites for hydroxylation is 1. The Morgan fingerprint density at radius 3 is 2.62 bits per heavy atom. The zero-order valence-electron chi connectivity index (χ0n) is 12.3. The molecule has 0 saturated carbocycles. The Bertz CT molecular complexity index is 591. The van der Waals surface area contributed by atoms with E-state index in [2.05, 4.69) is 14.9 Å². The molecule has 3 N–H and O–H groups in total. The number of piperidine rings is 1. The third kappa shape index (κ3) is 2.98. The summed E-state index contributed by atoms with van der Waals surface area (Å²) in [6, 6.07) is 0.617. The van der Waals surface area contributed by atoms with Crippen molar-refractivity contribution in [3.05, 3.63) is 12.0 Å². The number of likely N-dealkylation sites (tertiary alicyclic amines) is 1. The number of imidazole rings is 1. The Morgan fingerprint density at radius 2 is 2.00 bits per heavy atom. The maximum absolute atomic E-state index is 12.5. The number of aromatic amines is 1. The minimum Gasteiger partial charge on any atom is -0.332 e. The monoisotopic (exact) mass is 313 g/mol. The van der Waals surface area contributed by atoms with E-state index in [1.807, 2.05) is 0 Å². The minimum absolute atomic E-state index is 0.196. The van der Waals surface area contributed by atoms with Crippen LogP contribution in [0.15, 0.2) is 11.2 Å². The van der Waals surface area contributed by atoms with Gasteiger partial charge in [0, 0.05) is 25.2 Å². The van der Waals surface area contributed by atoms with Crippen LogP contribution >= 0.6 is 0 Å². The number of hydrogen-bond acceptors (Lipinski definition) is 5. The Labute approximate surface area is 125 Å². The summed E-state index contributed by atoms with van der Waals surface area (Å²) in [5.74, 6) is 0.620. The lowest BCUT2D eigenvalue weighted by atomic mass is 10.0. The van der Waals surface area contributed by atoms with Crippen LogP contribution in [0.3, 0.4) is 0 Å². The summed E-state index contributed by atoms with van der Waals surface area (Å²) in [6.07, 6.45) is 4.30. The summed E-state index contributed by atoms with van der Waals surface area (Å²) >= 11 is 0. The van der Waals surface area contributed by atoms with Crippen LogP contribution in [0.2, 0.25) is 0 Å². The molecule has 118 valence electrons. The average Bonchev–Trinajstić information content (AvgIpc) is 3.09. The summed E-state index contributed by atoms with van der Waals surface area (Å²) in [5, 5.41) is 0.196. The lowest BCUT2D eigenvalue weighted by Gasteiger charge is -2.34. The maximum atomic E-state index is 12.5. The molecule has 0 spiro atoms. The van der Waals surface area contributed by atoms with Crippen molar-refractivity contribution < 1.29 is 8.42 Å². The van der Waals surface area contributed by atoms with E-state index in [1.54, 1.807) is 11.2 Å². The molecule has 0 bridgehead atoms. The summed E-state index contributed by atoms with van der Waals surface area (Å²) in [5.41, 5.74) is 5.93. The van der Waals surface area contributed by atoms with E-state index in [9.17, 15) is 8.42 Å². The van der Waals surface area contributed by atoms with Crippen LogP contribution < -0.4 is 5.73 Å². The van der Waals surface area contributed by atoms with Crippen LogP contribution in [0.5, 0.6) is 0 Å². The molecule has 1 aromatic heterocycles. The molecule has 2 saturated heterocycles. The molecular formula is C13H23N5O2S. The van der Waals surface area contributed by atoms with Crippen LogP contribution in [0.1, 0.15) is 25.1 Å². The van der Waals surface area contributed by atoms with Gasteiger partial charge in [-0.1, -0.05) is 0 Å². The van der Waals surface area contributed by atoms with E-state index in [4.69, 9.17) is 5.73 Å². The molecule has 0 radical (unpaired) electrons. The molecule has 0 aliphatic carbocycles. The highest BCUT2D eigenvalue weighted by Gasteiger charge is 2.36. The zero-order chi connectivity index (χ0) is 15.0. The highest BCUT2D eigenvalue weighted by molar-refractivity contribution is 7.89. The first kappa shape index (κ1) is 15.0. The van der Waals surface area contributed by atoms with Crippen LogP contribution in [0.25, 0.3) is 0 Å². The van der Waals surface area contributed by atoms with E-state index < -0.39 is 10.0 Å². The largest absolute Gasteiger partial charge is 0.332 e. The van der Waals surface area contributed by atoms with Crippen molar-refractivity contribution in [3.63, 3.8) is 0 Å². The Balaban J connectivity index is 1.66. The normalized spacial score (nSPS) is 26.5. The van der Waals surface area contributed by atoms with Gasteiger partial charge in [0.1, 0.15) is 5.82 Å². The van der Waals surface area contributed by atoms with E-state index in [0.717, 1.165) is 32.4 Å². The molecule has 2 aliphatic heterocycles. The first-order valence-corrected chi connectivity index (χ1v) is 8.92. The third-order valence-corrected chi connectivity index (χ3v) is 6.29. The van der Waals surface area contributed by atoms with Crippen molar-refractivity contribution in [2.24, 2.45) is 5.73 Å². The number of sulfonamides is 1. The summed E-state index contributed by atoms with van der Waals surface area (Å²) in [6.45, 7) is 4.85. The second-order valence-electron chi connectivity index (χ2n) is 6.01. The molecule has 1 atom stereocenters. The smallest absolute Gasteiger partial charge is 0.260 e. The van der Waals surface area contributed by atoms with E-state index in [1.165, 1.54) is 6.20 Å². The number of rotatable bonds is 3. The van der Waals surface area contributed by atoms with Gasteiger partial charge in [0.15, 0.2) is 5.03 Å². The fourth-order valence-electron chi connectivity index (χ4n) is 3.18. The van der Waals surface area contributed by atoms with Gasteiger partial charge in [-0.15, -0.1) is 0 Å². The van der Waals surface area contributed by atoms with Gasteiger partial charge in [-0.05, 0) is 39.3 Å². The molecule has 2 fully saturated rings. The molecule has 1 unspecified atom stereocenters. The molecule has 1 aromatic rings. The number of aromatic nitrogens is 2. The number of nitrogens with zero attached hydrogens (tertiary/aromatic N) is 3. The van der Waals surface area contributed by atoms with Gasteiger partial charge < -0.3 is 10.7 Å². The lowest BCUT2D eigenvalue weighted by Crippen LogP contribution is -2.46. The molecule has 3 rings (SSSR count). The molecule has 0 amide bonds. The van der Waals surface area contributed by atoms with Gasteiger partial charge in [0.2, 0.25) is 0 Å². The van der Waals surface area contributed by atoms with E-state index in [0.29, 0.717) is 31.0 Å². The first-order chi connectivity index (χ1) is 9.96. The highest BCUT2D eigenvalue weighted by atomic mass is 32.2. The fourth-order valence-corrected chi connectivity index (χ4v) is 4.63. The Hall–Kier alpha value is -0.960. The molecule has 0 aromatic carbocycles. The summed E-state index contributed by atoms with van der Waals surface area (Å²) < 4.78 is 26.7. The topological polar surface area (TPSA) is 95.3 Å². The van der Waals surface area contributed by atoms with Crippen LogP contribution in [-0.2, 0) is 10.0 Å². The quantitative estimate of drug-likeness (QED) is 0.813. The van der Waals surface area contributed by atoms with E-state index >= 15 is 0 Å². The Morgan fingerprint density at radius 1 is 1.29 bits per heavy atom. The highest BCUT2D eigenvalue weighted by Crippen LogP contribution is 2.24. The van der Waals surface area contributed by atoms with Crippen molar-refractivity contribution >= 4 is 10.0 Å². The molecular weight excluding hydrogens is 290 g/mol. The molecule has 2 aliphatic rings. The maximum Gasteiger partial charge on any atom is 0.260 e. The molecule has 8 heteroatoms. The van der Waals surface area contributed by atoms with Crippen molar-refractivity contribution in [1.82, 2.24) is 19.2 Å². The van der Waals surface area contributed by atoms with Gasteiger partial charge >= 0.3 is 0 Å². The van der Waals surface area contributed by atoms with Crippen LogP contribution in [0, 0.1) is 6.92 Å². The van der Waals surface area contributed by atoms with Crippen molar-refractivity contribution in [1.29, 1.82) is 0 Å². The van der Waals surface area contributed by atoms with Crippen LogP contribution in [-0.4, -0.2) is 65.9 Å². The lowest BCUT2D eigenvalue weighted by molar-refractivity contribution is 0.159. The standard InChI is InChI=1S/C13H23N5O2S/c1-10-15-8-13(16-10)21(19,20)18-7-4-12(9-18)17-5-2-11(14)3-6-17/h8,11-12H,2-7,9,14H2,1H3,(H,15,16). The second-order valence-corrected chi connectivity index (χ2v) is 7.92. The molecule has 7 nitrogen and oxygen atoms in total. The summed E-state index contributed by atoms with van der Waals surface area (Å²) in [7, 11) is -3.44. The van der Waals surface area contributed by atoms with Crippen molar-refractivity contribution in [2.75, 3.05) is 26.2 Å². The molecule has 3 heterocycles. The predicted octanol–water partition coefficient (Wildman–Crippen LogP) is -0.0958. The summed E-state index contributed by atoms with van der Waals surface area (Å²) in [4.78, 5) is 9.19. The van der Waals surface area contributed by atoms with Crippen molar-refractivity contribution in [3.8, 4) is 0 Å². The predicted molar refractivity (Wildman–Crippen MR) is 79.3 cm³/mol. The van der Waals surface area contributed by atoms with Crippen molar-refractivity contribution in [2.45, 2.75) is 43.3 Å². The van der Waals surface area contributed by atoms with Gasteiger partial charge in [0.25, 0.3) is 10.0 Å². The second kappa shape index (κ2) is 5.68. The average molecular weight is 313 g/mol. The van der Waals surface area contributed by atoms with E-state index in [-0.39, 0.29) is 5.03 Å². The number of nitrogens with one attached hydrogen (secondary N) is 1.